The average molecular weight is 426 g/mol. The number of hydrogen-bond donors (Lipinski definition) is 1. The third kappa shape index (κ3) is 4.65. The molecule has 0 bridgehead atoms. The monoisotopic (exact) mass is 425 g/mol. The summed E-state index contributed by atoms with van der Waals surface area (Å²) in [4.78, 5) is 15.5. The number of aliphatic carboxylic acids is 1. The lowest BCUT2D eigenvalue weighted by Crippen LogP contribution is -1.95. The summed E-state index contributed by atoms with van der Waals surface area (Å²) >= 11 is 1.71. The lowest BCUT2D eigenvalue weighted by Gasteiger charge is -2.16. The van der Waals surface area contributed by atoms with Crippen molar-refractivity contribution >= 4 is 44.7 Å². The summed E-state index contributed by atoms with van der Waals surface area (Å²) in [7, 11) is 0. The van der Waals surface area contributed by atoms with E-state index in [0.29, 0.717) is 0 Å². The van der Waals surface area contributed by atoms with Crippen molar-refractivity contribution in [2.45, 2.75) is 20.3 Å². The fourth-order valence-corrected chi connectivity index (χ4v) is 4.61. The van der Waals surface area contributed by atoms with E-state index >= 15 is 0 Å². The van der Waals surface area contributed by atoms with Crippen LogP contribution < -0.4 is 0 Å². The van der Waals surface area contributed by atoms with Crippen molar-refractivity contribution in [2.24, 2.45) is 0 Å². The predicted molar refractivity (Wildman–Crippen MR) is 130 cm³/mol. The number of nitrogens with zero attached hydrogens (tertiary/aromatic N) is 1. The van der Waals surface area contributed by atoms with Crippen LogP contribution in [0.15, 0.2) is 78.9 Å². The van der Waals surface area contributed by atoms with Crippen LogP contribution in [0.5, 0.6) is 0 Å². The Hall–Kier alpha value is -3.50. The highest BCUT2D eigenvalue weighted by Crippen LogP contribution is 2.36. The van der Waals surface area contributed by atoms with Crippen LogP contribution in [0.1, 0.15) is 40.6 Å². The van der Waals surface area contributed by atoms with Gasteiger partial charge in [0.05, 0.1) is 15.2 Å². The fourth-order valence-electron chi connectivity index (χ4n) is 3.81. The topological polar surface area (TPSA) is 50.2 Å². The maximum atomic E-state index is 10.8. The first-order valence-corrected chi connectivity index (χ1v) is 11.0. The van der Waals surface area contributed by atoms with Crippen LogP contribution >= 0.6 is 11.3 Å². The first-order valence-electron chi connectivity index (χ1n) is 10.2. The van der Waals surface area contributed by atoms with Crippen LogP contribution in [0, 0.1) is 6.92 Å². The van der Waals surface area contributed by atoms with Gasteiger partial charge in [-0.15, -0.1) is 11.3 Å². The Balaban J connectivity index is 1.90. The van der Waals surface area contributed by atoms with E-state index in [9.17, 15) is 4.79 Å². The molecule has 4 aromatic rings. The van der Waals surface area contributed by atoms with E-state index in [1.165, 1.54) is 21.4 Å². The van der Waals surface area contributed by atoms with Crippen LogP contribution in [-0.4, -0.2) is 16.1 Å². The number of thiazole rings is 1. The zero-order valence-electron chi connectivity index (χ0n) is 17.5. The highest BCUT2D eigenvalue weighted by Gasteiger charge is 2.14. The highest BCUT2D eigenvalue weighted by atomic mass is 32.1. The van der Waals surface area contributed by atoms with E-state index in [-0.39, 0.29) is 0 Å². The molecule has 31 heavy (non-hydrogen) atoms. The summed E-state index contributed by atoms with van der Waals surface area (Å²) in [6.45, 7) is 4.21. The van der Waals surface area contributed by atoms with Crippen LogP contribution in [0.4, 0.5) is 0 Å². The molecule has 4 rings (SSSR count). The molecule has 0 atom stereocenters. The third-order valence-corrected chi connectivity index (χ3v) is 6.13. The SMILES string of the molecule is CC/C(=C(/c1ccc(/C=C/C(=O)O)cc1)c1ccc2sc(C)nc2c1)c1ccccc1. The zero-order valence-corrected chi connectivity index (χ0v) is 18.3. The zero-order chi connectivity index (χ0) is 21.8. The Labute approximate surface area is 186 Å². The Morgan fingerprint density at radius 1 is 0.968 bits per heavy atom. The van der Waals surface area contributed by atoms with Gasteiger partial charge in [-0.3, -0.25) is 0 Å². The van der Waals surface area contributed by atoms with E-state index < -0.39 is 5.97 Å². The molecule has 0 unspecified atom stereocenters. The molecule has 0 radical (unpaired) electrons. The van der Waals surface area contributed by atoms with Gasteiger partial charge >= 0.3 is 5.97 Å². The second-order valence-electron chi connectivity index (χ2n) is 7.28. The number of aromatic nitrogens is 1. The molecule has 0 aliphatic rings. The molecule has 0 amide bonds. The van der Waals surface area contributed by atoms with Crippen LogP contribution in [-0.2, 0) is 4.79 Å². The van der Waals surface area contributed by atoms with Crippen molar-refractivity contribution < 1.29 is 9.90 Å². The molecule has 0 aliphatic carbocycles. The van der Waals surface area contributed by atoms with Crippen molar-refractivity contribution in [3.05, 3.63) is 106 Å². The number of carbonyl (C=O) groups is 1. The smallest absolute Gasteiger partial charge is 0.328 e. The van der Waals surface area contributed by atoms with Gasteiger partial charge in [0.1, 0.15) is 0 Å². The molecule has 3 aromatic carbocycles. The molecule has 0 fully saturated rings. The van der Waals surface area contributed by atoms with Gasteiger partial charge in [0, 0.05) is 6.08 Å². The number of rotatable bonds is 6. The maximum Gasteiger partial charge on any atom is 0.328 e. The van der Waals surface area contributed by atoms with Crippen molar-refractivity contribution in [1.29, 1.82) is 0 Å². The van der Waals surface area contributed by atoms with E-state index in [0.717, 1.165) is 39.7 Å². The second-order valence-corrected chi connectivity index (χ2v) is 8.52. The molecule has 0 aliphatic heterocycles. The van der Waals surface area contributed by atoms with Crippen molar-refractivity contribution in [3.63, 3.8) is 0 Å². The van der Waals surface area contributed by atoms with Gasteiger partial charge in [0.25, 0.3) is 0 Å². The van der Waals surface area contributed by atoms with Gasteiger partial charge in [-0.2, -0.15) is 0 Å². The second kappa shape index (κ2) is 9.11. The lowest BCUT2D eigenvalue weighted by molar-refractivity contribution is -0.131. The maximum absolute atomic E-state index is 10.8. The summed E-state index contributed by atoms with van der Waals surface area (Å²) in [6.07, 6.45) is 3.65. The van der Waals surface area contributed by atoms with Crippen LogP contribution in [0.3, 0.4) is 0 Å². The van der Waals surface area contributed by atoms with E-state index in [1.54, 1.807) is 17.4 Å². The third-order valence-electron chi connectivity index (χ3n) is 5.18. The summed E-state index contributed by atoms with van der Waals surface area (Å²) in [6, 6.07) is 25.0. The molecule has 0 spiro atoms. The molecule has 0 saturated carbocycles. The van der Waals surface area contributed by atoms with E-state index in [4.69, 9.17) is 10.1 Å². The number of hydrogen-bond acceptors (Lipinski definition) is 3. The van der Waals surface area contributed by atoms with Gasteiger partial charge in [0.15, 0.2) is 0 Å². The molecule has 0 saturated heterocycles. The first-order chi connectivity index (χ1) is 15.0. The minimum absolute atomic E-state index is 0.855. The van der Waals surface area contributed by atoms with Crippen LogP contribution in [0.2, 0.25) is 0 Å². The minimum Gasteiger partial charge on any atom is -0.478 e. The van der Waals surface area contributed by atoms with Gasteiger partial charge in [0.2, 0.25) is 0 Å². The quantitative estimate of drug-likeness (QED) is 0.265. The Bertz CT molecular complexity index is 1280. The molecule has 3 nitrogen and oxygen atoms in total. The molecular weight excluding hydrogens is 402 g/mol. The van der Waals surface area contributed by atoms with Crippen molar-refractivity contribution in [3.8, 4) is 0 Å². The van der Waals surface area contributed by atoms with Crippen molar-refractivity contribution in [2.75, 3.05) is 0 Å². The fraction of sp³-hybridized carbons (Fsp3) is 0.111. The van der Waals surface area contributed by atoms with Gasteiger partial charge in [-0.1, -0.05) is 67.6 Å². The molecule has 1 N–H and O–H groups in total. The normalized spacial score (nSPS) is 12.3. The minimum atomic E-state index is -0.950. The molecule has 1 aromatic heterocycles. The average Bonchev–Trinajstić information content (AvgIpc) is 3.16. The van der Waals surface area contributed by atoms with Crippen molar-refractivity contribution in [1.82, 2.24) is 4.98 Å². The Morgan fingerprint density at radius 2 is 1.68 bits per heavy atom. The van der Waals surface area contributed by atoms with Gasteiger partial charge in [-0.05, 0) is 65.0 Å². The number of carboxylic acid groups (broad SMARTS) is 1. The number of fused-ring (bicyclic) bond motifs is 1. The van der Waals surface area contributed by atoms with Gasteiger partial charge in [-0.25, -0.2) is 9.78 Å². The molecule has 154 valence electrons. The summed E-state index contributed by atoms with van der Waals surface area (Å²) in [5, 5.41) is 9.95. The largest absolute Gasteiger partial charge is 0.478 e. The number of allylic oxidation sites excluding steroid dienone is 1. The molecule has 4 heteroatoms. The number of carboxylic acids is 1. The summed E-state index contributed by atoms with van der Waals surface area (Å²) in [5.74, 6) is -0.950. The molecule has 1 heterocycles. The standard InChI is InChI=1S/C27H23NO2S/c1-3-23(20-7-5-4-6-8-20)27(21-12-9-19(10-13-21)11-16-26(29)30)22-14-15-25-24(17-22)28-18(2)31-25/h4-17H,3H2,1-2H3,(H,29,30)/b16-11+,27-23+. The number of aryl methyl sites for hydroxylation is 1. The molecular formula is C27H23NO2S. The van der Waals surface area contributed by atoms with E-state index in [2.05, 4.69) is 61.5 Å². The van der Waals surface area contributed by atoms with E-state index in [1.807, 2.05) is 25.1 Å². The van der Waals surface area contributed by atoms with Gasteiger partial charge < -0.3 is 5.11 Å². The van der Waals surface area contributed by atoms with Crippen LogP contribution in [0.25, 0.3) is 27.4 Å². The first kappa shape index (κ1) is 20.8. The Morgan fingerprint density at radius 3 is 2.35 bits per heavy atom. The Kier molecular flexibility index (Phi) is 6.10. The highest BCUT2D eigenvalue weighted by molar-refractivity contribution is 7.18. The number of benzene rings is 3. The lowest BCUT2D eigenvalue weighted by atomic mass is 9.88. The summed E-state index contributed by atoms with van der Waals surface area (Å²) in [5.41, 5.74) is 7.74. The summed E-state index contributed by atoms with van der Waals surface area (Å²) < 4.78 is 1.19. The predicted octanol–water partition coefficient (Wildman–Crippen LogP) is 7.07.